The Morgan fingerprint density at radius 3 is 2.00 bits per heavy atom. The van der Waals surface area contributed by atoms with Gasteiger partial charge in [0.2, 0.25) is 0 Å². The number of fused-ring (bicyclic) bond motifs is 3. The van der Waals surface area contributed by atoms with E-state index in [0.29, 0.717) is 0 Å². The molecule has 2 nitrogen and oxygen atoms in total. The van der Waals surface area contributed by atoms with Crippen LogP contribution in [0.15, 0.2) is 121 Å². The van der Waals surface area contributed by atoms with Crippen LogP contribution in [0.25, 0.3) is 49.9 Å². The summed E-state index contributed by atoms with van der Waals surface area (Å²) in [5.74, 6) is 0. The molecular formula is C29H20N2. The lowest BCUT2D eigenvalue weighted by Crippen LogP contribution is -1.97. The summed E-state index contributed by atoms with van der Waals surface area (Å²) in [6.45, 7) is 0. The third-order valence-corrected chi connectivity index (χ3v) is 5.84. The van der Waals surface area contributed by atoms with Crippen molar-refractivity contribution in [1.82, 2.24) is 9.55 Å². The second-order valence-corrected chi connectivity index (χ2v) is 7.69. The van der Waals surface area contributed by atoms with E-state index in [9.17, 15) is 0 Å². The lowest BCUT2D eigenvalue weighted by molar-refractivity contribution is 1.17. The molecule has 0 fully saturated rings. The maximum Gasteiger partial charge on any atom is 0.0948 e. The van der Waals surface area contributed by atoms with Crippen LogP contribution in [0.2, 0.25) is 0 Å². The second-order valence-electron chi connectivity index (χ2n) is 7.69. The minimum atomic E-state index is 0.999. The monoisotopic (exact) mass is 396 g/mol. The number of pyridine rings is 1. The number of nitrogens with zero attached hydrogens (tertiary/aromatic N) is 2. The Bertz CT molecular complexity index is 1510. The number of hydrogen-bond donors (Lipinski definition) is 0. The molecule has 0 aliphatic carbocycles. The first-order chi connectivity index (χ1) is 15.4. The fourth-order valence-corrected chi connectivity index (χ4v) is 4.45. The molecule has 0 aliphatic rings. The molecule has 0 saturated heterocycles. The third kappa shape index (κ3) is 2.92. The third-order valence-electron chi connectivity index (χ3n) is 5.84. The van der Waals surface area contributed by atoms with Crippen molar-refractivity contribution >= 4 is 21.8 Å². The van der Waals surface area contributed by atoms with Crippen LogP contribution in [-0.4, -0.2) is 9.55 Å². The van der Waals surface area contributed by atoms with Gasteiger partial charge in [0.15, 0.2) is 0 Å². The van der Waals surface area contributed by atoms with Crippen molar-refractivity contribution in [2.45, 2.75) is 0 Å². The zero-order valence-corrected chi connectivity index (χ0v) is 16.9. The Hall–Kier alpha value is -4.17. The highest BCUT2D eigenvalue weighted by molar-refractivity contribution is 6.13. The van der Waals surface area contributed by atoms with E-state index in [0.717, 1.165) is 22.5 Å². The molecule has 31 heavy (non-hydrogen) atoms. The first-order valence-electron chi connectivity index (χ1n) is 10.5. The molecule has 0 bridgehead atoms. The maximum absolute atomic E-state index is 4.82. The molecule has 6 aromatic rings. The van der Waals surface area contributed by atoms with Crippen LogP contribution in [-0.2, 0) is 0 Å². The van der Waals surface area contributed by atoms with E-state index in [2.05, 4.69) is 114 Å². The number of hydrogen-bond acceptors (Lipinski definition) is 1. The number of para-hydroxylation sites is 1. The van der Waals surface area contributed by atoms with Crippen LogP contribution in [0.5, 0.6) is 0 Å². The van der Waals surface area contributed by atoms with Gasteiger partial charge in [0.1, 0.15) is 0 Å². The Balaban J connectivity index is 1.70. The fourth-order valence-electron chi connectivity index (χ4n) is 4.45. The van der Waals surface area contributed by atoms with Crippen molar-refractivity contribution in [3.8, 4) is 28.1 Å². The Morgan fingerprint density at radius 1 is 0.516 bits per heavy atom. The maximum atomic E-state index is 4.82. The van der Waals surface area contributed by atoms with Crippen molar-refractivity contribution in [2.75, 3.05) is 0 Å². The molecule has 6 rings (SSSR count). The zero-order valence-electron chi connectivity index (χ0n) is 16.9. The molecule has 0 saturated carbocycles. The lowest BCUT2D eigenvalue weighted by atomic mass is 10.0. The van der Waals surface area contributed by atoms with E-state index >= 15 is 0 Å². The average molecular weight is 396 g/mol. The average Bonchev–Trinajstić information content (AvgIpc) is 3.20. The molecule has 0 N–H and O–H groups in total. The van der Waals surface area contributed by atoms with Crippen molar-refractivity contribution < 1.29 is 0 Å². The molecule has 0 unspecified atom stereocenters. The summed E-state index contributed by atoms with van der Waals surface area (Å²) >= 11 is 0. The summed E-state index contributed by atoms with van der Waals surface area (Å²) in [5, 5.41) is 2.46. The molecule has 2 heterocycles. The summed E-state index contributed by atoms with van der Waals surface area (Å²) in [4.78, 5) is 4.82. The Labute approximate surface area is 181 Å². The number of benzene rings is 4. The van der Waals surface area contributed by atoms with Gasteiger partial charge in [-0.3, -0.25) is 4.98 Å². The van der Waals surface area contributed by atoms with Gasteiger partial charge in [-0.05, 0) is 35.4 Å². The van der Waals surface area contributed by atoms with Crippen LogP contribution in [0, 0.1) is 0 Å². The van der Waals surface area contributed by atoms with Gasteiger partial charge in [-0.1, -0.05) is 91.0 Å². The quantitative estimate of drug-likeness (QED) is 0.303. The smallest absolute Gasteiger partial charge is 0.0948 e. The van der Waals surface area contributed by atoms with Gasteiger partial charge in [0.05, 0.1) is 16.7 Å². The van der Waals surface area contributed by atoms with E-state index in [1.54, 1.807) is 0 Å². The molecule has 2 heteroatoms. The standard InChI is InChI=1S/C29H20N2/c1-3-10-21(11-4-1)23-14-9-15-24(20-23)31-27-17-8-7-16-25(27)26-18-19-30-28(29(26)31)22-12-5-2-6-13-22/h1-20H. The fraction of sp³-hybridized carbons (Fsp3) is 0. The number of rotatable bonds is 3. The first kappa shape index (κ1) is 17.7. The van der Waals surface area contributed by atoms with E-state index in [-0.39, 0.29) is 0 Å². The van der Waals surface area contributed by atoms with Gasteiger partial charge < -0.3 is 4.57 Å². The SMILES string of the molecule is c1ccc(-c2cccc(-n3c4ccccc4c4ccnc(-c5ccccc5)c43)c2)cc1. The number of aromatic nitrogens is 2. The highest BCUT2D eigenvalue weighted by atomic mass is 15.0. The minimum absolute atomic E-state index is 0.999. The predicted octanol–water partition coefficient (Wildman–Crippen LogP) is 7.51. The lowest BCUT2D eigenvalue weighted by Gasteiger charge is -2.12. The van der Waals surface area contributed by atoms with E-state index in [1.165, 1.54) is 27.4 Å². The zero-order chi connectivity index (χ0) is 20.6. The van der Waals surface area contributed by atoms with E-state index in [4.69, 9.17) is 4.98 Å². The molecule has 2 aromatic heterocycles. The van der Waals surface area contributed by atoms with E-state index in [1.807, 2.05) is 12.3 Å². The van der Waals surface area contributed by atoms with Gasteiger partial charge in [0, 0.05) is 28.2 Å². The van der Waals surface area contributed by atoms with Crippen molar-refractivity contribution in [3.63, 3.8) is 0 Å². The van der Waals surface area contributed by atoms with Gasteiger partial charge in [-0.15, -0.1) is 0 Å². The molecular weight excluding hydrogens is 376 g/mol. The van der Waals surface area contributed by atoms with Crippen LogP contribution in [0.1, 0.15) is 0 Å². The molecule has 0 aliphatic heterocycles. The van der Waals surface area contributed by atoms with Crippen molar-refractivity contribution in [2.24, 2.45) is 0 Å². The first-order valence-corrected chi connectivity index (χ1v) is 10.5. The van der Waals surface area contributed by atoms with Gasteiger partial charge in [0.25, 0.3) is 0 Å². The van der Waals surface area contributed by atoms with Gasteiger partial charge in [-0.2, -0.15) is 0 Å². The van der Waals surface area contributed by atoms with Crippen LogP contribution in [0.3, 0.4) is 0 Å². The highest BCUT2D eigenvalue weighted by Gasteiger charge is 2.17. The summed E-state index contributed by atoms with van der Waals surface area (Å²) in [6.07, 6.45) is 1.92. The highest BCUT2D eigenvalue weighted by Crippen LogP contribution is 2.37. The minimum Gasteiger partial charge on any atom is -0.307 e. The molecule has 0 atom stereocenters. The predicted molar refractivity (Wildman–Crippen MR) is 129 cm³/mol. The van der Waals surface area contributed by atoms with Crippen LogP contribution in [0.4, 0.5) is 0 Å². The molecule has 4 aromatic carbocycles. The molecule has 0 spiro atoms. The second kappa shape index (κ2) is 7.26. The topological polar surface area (TPSA) is 17.8 Å². The Morgan fingerprint density at radius 2 is 1.19 bits per heavy atom. The van der Waals surface area contributed by atoms with Crippen molar-refractivity contribution in [1.29, 1.82) is 0 Å². The van der Waals surface area contributed by atoms with Crippen LogP contribution < -0.4 is 0 Å². The summed E-state index contributed by atoms with van der Waals surface area (Å²) in [6, 6.07) is 40.5. The molecule has 0 radical (unpaired) electrons. The Kier molecular flexibility index (Phi) is 4.14. The van der Waals surface area contributed by atoms with Crippen molar-refractivity contribution in [3.05, 3.63) is 121 Å². The molecule has 146 valence electrons. The summed E-state index contributed by atoms with van der Waals surface area (Å²) in [5.41, 5.74) is 8.00. The summed E-state index contributed by atoms with van der Waals surface area (Å²) in [7, 11) is 0. The summed E-state index contributed by atoms with van der Waals surface area (Å²) < 4.78 is 2.35. The van der Waals surface area contributed by atoms with Crippen LogP contribution >= 0.6 is 0 Å². The van der Waals surface area contributed by atoms with Gasteiger partial charge >= 0.3 is 0 Å². The molecule has 0 amide bonds. The van der Waals surface area contributed by atoms with Gasteiger partial charge in [-0.25, -0.2) is 0 Å². The normalized spacial score (nSPS) is 11.2. The largest absolute Gasteiger partial charge is 0.307 e. The van der Waals surface area contributed by atoms with E-state index < -0.39 is 0 Å².